The lowest BCUT2D eigenvalue weighted by atomic mass is 10.2. The van der Waals surface area contributed by atoms with Crippen LogP contribution in [0.5, 0.6) is 0 Å². The molecule has 0 aliphatic carbocycles. The molecular formula is C11H11ClN4O. The molecule has 2 heterocycles. The van der Waals surface area contributed by atoms with E-state index >= 15 is 0 Å². The molecule has 2 rings (SSSR count). The smallest absolute Gasteiger partial charge is 0.271 e. The van der Waals surface area contributed by atoms with Gasteiger partial charge in [0.25, 0.3) is 5.56 Å². The highest BCUT2D eigenvalue weighted by molar-refractivity contribution is 6.32. The van der Waals surface area contributed by atoms with E-state index in [1.807, 2.05) is 25.1 Å². The molecule has 0 aliphatic rings. The van der Waals surface area contributed by atoms with Crippen molar-refractivity contribution >= 4 is 17.4 Å². The predicted molar refractivity (Wildman–Crippen MR) is 66.1 cm³/mol. The fraction of sp³-hybridized carbons (Fsp3) is 0.182. The lowest BCUT2D eigenvalue weighted by molar-refractivity contribution is 0.829. The molecule has 1 unspecified atom stereocenters. The third kappa shape index (κ3) is 2.62. The number of pyridine rings is 1. The Morgan fingerprint density at radius 2 is 2.24 bits per heavy atom. The number of hydrogen-bond acceptors (Lipinski definition) is 4. The number of aromatic amines is 1. The maximum Gasteiger partial charge on any atom is 0.271 e. The van der Waals surface area contributed by atoms with E-state index in [9.17, 15) is 4.79 Å². The van der Waals surface area contributed by atoms with Gasteiger partial charge in [-0.25, -0.2) is 4.98 Å². The molecule has 2 N–H and O–H groups in total. The number of halogens is 1. The highest BCUT2D eigenvalue weighted by atomic mass is 35.5. The Bertz CT molecular complexity index is 555. The van der Waals surface area contributed by atoms with Crippen LogP contribution in [0.25, 0.3) is 0 Å². The average Bonchev–Trinajstić information content (AvgIpc) is 2.36. The molecule has 0 radical (unpaired) electrons. The zero-order valence-electron chi connectivity index (χ0n) is 9.14. The van der Waals surface area contributed by atoms with E-state index in [1.54, 1.807) is 6.20 Å². The molecule has 0 aliphatic heterocycles. The first-order valence-corrected chi connectivity index (χ1v) is 5.47. The van der Waals surface area contributed by atoms with Crippen LogP contribution in [0.3, 0.4) is 0 Å². The van der Waals surface area contributed by atoms with Crippen molar-refractivity contribution in [2.75, 3.05) is 5.32 Å². The van der Waals surface area contributed by atoms with Crippen molar-refractivity contribution in [2.45, 2.75) is 13.0 Å². The maximum absolute atomic E-state index is 11.3. The van der Waals surface area contributed by atoms with E-state index in [1.165, 1.54) is 6.33 Å². The van der Waals surface area contributed by atoms with Crippen LogP contribution in [-0.4, -0.2) is 15.0 Å². The van der Waals surface area contributed by atoms with Gasteiger partial charge in [-0.3, -0.25) is 9.78 Å². The van der Waals surface area contributed by atoms with Gasteiger partial charge in [0.1, 0.15) is 5.02 Å². The minimum absolute atomic E-state index is 0.0512. The molecule has 0 saturated heterocycles. The summed E-state index contributed by atoms with van der Waals surface area (Å²) in [5.74, 6) is 0.355. The molecule has 6 heteroatoms. The Morgan fingerprint density at radius 1 is 1.41 bits per heavy atom. The summed E-state index contributed by atoms with van der Waals surface area (Å²) >= 11 is 5.84. The summed E-state index contributed by atoms with van der Waals surface area (Å²) < 4.78 is 0. The number of nitrogens with one attached hydrogen (secondary N) is 2. The third-order valence-corrected chi connectivity index (χ3v) is 2.63. The van der Waals surface area contributed by atoms with E-state index in [4.69, 9.17) is 11.6 Å². The van der Waals surface area contributed by atoms with Gasteiger partial charge in [-0.2, -0.15) is 0 Å². The molecule has 0 bridgehead atoms. The Morgan fingerprint density at radius 3 is 2.94 bits per heavy atom. The van der Waals surface area contributed by atoms with Crippen molar-refractivity contribution in [1.29, 1.82) is 0 Å². The lowest BCUT2D eigenvalue weighted by Gasteiger charge is -2.14. The molecule has 0 fully saturated rings. The van der Waals surface area contributed by atoms with Crippen LogP contribution < -0.4 is 10.9 Å². The van der Waals surface area contributed by atoms with Gasteiger partial charge in [-0.05, 0) is 19.1 Å². The summed E-state index contributed by atoms with van der Waals surface area (Å²) in [4.78, 5) is 21.9. The van der Waals surface area contributed by atoms with Crippen LogP contribution in [0.2, 0.25) is 5.02 Å². The Hall–Kier alpha value is -1.88. The molecule has 1 atom stereocenters. The molecule has 88 valence electrons. The minimum Gasteiger partial charge on any atom is -0.361 e. The molecular weight excluding hydrogens is 240 g/mol. The van der Waals surface area contributed by atoms with Crippen molar-refractivity contribution in [3.63, 3.8) is 0 Å². The number of rotatable bonds is 3. The number of nitrogens with zero attached hydrogens (tertiary/aromatic N) is 2. The SMILES string of the molecule is CC(Nc1nc[nH]c(=O)c1Cl)c1ccccn1. The van der Waals surface area contributed by atoms with E-state index in [0.29, 0.717) is 5.82 Å². The van der Waals surface area contributed by atoms with Gasteiger partial charge in [0, 0.05) is 6.20 Å². The van der Waals surface area contributed by atoms with Crippen molar-refractivity contribution < 1.29 is 0 Å². The fourth-order valence-corrected chi connectivity index (χ4v) is 1.55. The largest absolute Gasteiger partial charge is 0.361 e. The van der Waals surface area contributed by atoms with Gasteiger partial charge < -0.3 is 10.3 Å². The number of hydrogen-bond donors (Lipinski definition) is 2. The third-order valence-electron chi connectivity index (χ3n) is 2.28. The summed E-state index contributed by atoms with van der Waals surface area (Å²) in [7, 11) is 0. The normalized spacial score (nSPS) is 12.1. The summed E-state index contributed by atoms with van der Waals surface area (Å²) in [5.41, 5.74) is 0.489. The quantitative estimate of drug-likeness (QED) is 0.874. The second kappa shape index (κ2) is 4.97. The molecule has 2 aromatic heterocycles. The van der Waals surface area contributed by atoms with E-state index in [0.717, 1.165) is 5.69 Å². The zero-order chi connectivity index (χ0) is 12.3. The molecule has 0 aromatic carbocycles. The molecule has 17 heavy (non-hydrogen) atoms. The first-order chi connectivity index (χ1) is 8.18. The molecule has 0 amide bonds. The van der Waals surface area contributed by atoms with Crippen molar-refractivity contribution in [2.24, 2.45) is 0 Å². The second-order valence-electron chi connectivity index (χ2n) is 3.51. The van der Waals surface area contributed by atoms with Crippen LogP contribution in [0.1, 0.15) is 18.7 Å². The Balaban J connectivity index is 2.22. The molecule has 0 saturated carbocycles. The minimum atomic E-state index is -0.364. The van der Waals surface area contributed by atoms with Crippen LogP contribution in [-0.2, 0) is 0 Å². The first kappa shape index (κ1) is 11.6. The Kier molecular flexibility index (Phi) is 3.39. The van der Waals surface area contributed by atoms with Gasteiger partial charge in [-0.1, -0.05) is 17.7 Å². The van der Waals surface area contributed by atoms with Gasteiger partial charge in [0.05, 0.1) is 18.1 Å². The topological polar surface area (TPSA) is 70.7 Å². The molecule has 0 spiro atoms. The van der Waals surface area contributed by atoms with Crippen molar-refractivity contribution in [3.05, 3.63) is 51.8 Å². The lowest BCUT2D eigenvalue weighted by Crippen LogP contribution is -2.14. The van der Waals surface area contributed by atoms with Gasteiger partial charge >= 0.3 is 0 Å². The van der Waals surface area contributed by atoms with E-state index in [2.05, 4.69) is 20.3 Å². The highest BCUT2D eigenvalue weighted by Gasteiger charge is 2.11. The summed E-state index contributed by atoms with van der Waals surface area (Å²) in [5, 5.41) is 3.09. The fourth-order valence-electron chi connectivity index (χ4n) is 1.39. The standard InChI is InChI=1S/C11H11ClN4O/c1-7(8-4-2-3-5-13-8)16-10-9(12)11(17)15-6-14-10/h2-7H,1H3,(H2,14,15,16,17). The van der Waals surface area contributed by atoms with Crippen LogP contribution in [0.4, 0.5) is 5.82 Å². The van der Waals surface area contributed by atoms with E-state index in [-0.39, 0.29) is 16.6 Å². The predicted octanol–water partition coefficient (Wildman–Crippen LogP) is 1.99. The second-order valence-corrected chi connectivity index (χ2v) is 3.89. The van der Waals surface area contributed by atoms with E-state index < -0.39 is 0 Å². The number of H-pyrrole nitrogens is 1. The number of anilines is 1. The average molecular weight is 251 g/mol. The van der Waals surface area contributed by atoms with Gasteiger partial charge in [0.2, 0.25) is 0 Å². The molecule has 2 aromatic rings. The van der Waals surface area contributed by atoms with Crippen LogP contribution in [0, 0.1) is 0 Å². The van der Waals surface area contributed by atoms with Crippen LogP contribution in [0.15, 0.2) is 35.5 Å². The molecule has 5 nitrogen and oxygen atoms in total. The van der Waals surface area contributed by atoms with Gasteiger partial charge in [-0.15, -0.1) is 0 Å². The van der Waals surface area contributed by atoms with Crippen molar-refractivity contribution in [3.8, 4) is 0 Å². The first-order valence-electron chi connectivity index (χ1n) is 5.09. The zero-order valence-corrected chi connectivity index (χ0v) is 9.90. The Labute approximate surface area is 103 Å². The summed E-state index contributed by atoms with van der Waals surface area (Å²) in [6.45, 7) is 1.92. The monoisotopic (exact) mass is 250 g/mol. The van der Waals surface area contributed by atoms with Crippen molar-refractivity contribution in [1.82, 2.24) is 15.0 Å². The maximum atomic E-state index is 11.3. The summed E-state index contributed by atoms with van der Waals surface area (Å²) in [6.07, 6.45) is 3.02. The highest BCUT2D eigenvalue weighted by Crippen LogP contribution is 2.19. The van der Waals surface area contributed by atoms with Crippen LogP contribution >= 0.6 is 11.6 Å². The number of aromatic nitrogens is 3. The van der Waals surface area contributed by atoms with Gasteiger partial charge in [0.15, 0.2) is 5.82 Å². The summed E-state index contributed by atoms with van der Waals surface area (Å²) in [6, 6.07) is 5.55.